The molecule has 0 saturated carbocycles. The van der Waals surface area contributed by atoms with Crippen LogP contribution in [0.25, 0.3) is 0 Å². The number of rotatable bonds is 8. The number of benzene rings is 2. The third kappa shape index (κ3) is 5.28. The number of hydrogen-bond donors (Lipinski definition) is 0. The van der Waals surface area contributed by atoms with Gasteiger partial charge in [-0.25, -0.2) is 13.2 Å². The van der Waals surface area contributed by atoms with Gasteiger partial charge in [0.05, 0.1) is 12.7 Å². The number of nitrogens with zero attached hydrogens (tertiary/aromatic N) is 2. The van der Waals surface area contributed by atoms with E-state index in [4.69, 9.17) is 9.47 Å². The second-order valence-electron chi connectivity index (χ2n) is 7.70. The lowest BCUT2D eigenvalue weighted by Crippen LogP contribution is -2.37. The zero-order valence-electron chi connectivity index (χ0n) is 18.5. The molecular formula is C23H28N2O6S. The van der Waals surface area contributed by atoms with Crippen LogP contribution in [0.15, 0.2) is 53.4 Å². The third-order valence-corrected chi connectivity index (χ3v) is 7.27. The summed E-state index contributed by atoms with van der Waals surface area (Å²) in [7, 11) is -0.798. The number of hydrogen-bond acceptors (Lipinski definition) is 6. The van der Waals surface area contributed by atoms with Gasteiger partial charge in [-0.15, -0.1) is 0 Å². The molecule has 0 spiro atoms. The third-order valence-electron chi connectivity index (χ3n) is 5.35. The predicted octanol–water partition coefficient (Wildman–Crippen LogP) is 2.68. The summed E-state index contributed by atoms with van der Waals surface area (Å²) in [5, 5.41) is 0. The van der Waals surface area contributed by atoms with E-state index in [0.717, 1.165) is 18.4 Å². The van der Waals surface area contributed by atoms with Gasteiger partial charge < -0.3 is 14.4 Å². The van der Waals surface area contributed by atoms with E-state index < -0.39 is 22.1 Å². The first kappa shape index (κ1) is 23.7. The molecule has 0 bridgehead atoms. The van der Waals surface area contributed by atoms with Gasteiger partial charge in [-0.2, -0.15) is 4.31 Å². The van der Waals surface area contributed by atoms with Crippen molar-refractivity contribution < 1.29 is 27.5 Å². The minimum Gasteiger partial charge on any atom is -0.495 e. The van der Waals surface area contributed by atoms with Crippen molar-refractivity contribution in [2.75, 3.05) is 27.2 Å². The lowest BCUT2D eigenvalue weighted by atomic mass is 10.2. The minimum atomic E-state index is -3.80. The highest BCUT2D eigenvalue weighted by Crippen LogP contribution is 2.30. The molecule has 2 aromatic carbocycles. The van der Waals surface area contributed by atoms with Crippen molar-refractivity contribution in [1.29, 1.82) is 0 Å². The number of carbonyl (C=O) groups is 2. The van der Waals surface area contributed by atoms with Gasteiger partial charge in [0.25, 0.3) is 5.91 Å². The summed E-state index contributed by atoms with van der Waals surface area (Å²) in [6.07, 6.45) is 0.552. The number of methoxy groups -OCH3 is 1. The molecule has 1 aliphatic rings. The Labute approximate surface area is 188 Å². The standard InChI is InChI=1S/C23H28N2O6S/c1-17(22(26)24(2)16-18-9-5-4-6-10-18)31-23(27)19-11-12-20(30-3)21(15-19)32(28,29)25-13-7-8-14-25/h4-6,9-12,15,17H,7-8,13-14,16H2,1-3H3. The monoisotopic (exact) mass is 460 g/mol. The van der Waals surface area contributed by atoms with E-state index in [2.05, 4.69) is 0 Å². The van der Waals surface area contributed by atoms with Gasteiger partial charge in [0.1, 0.15) is 10.6 Å². The molecular weight excluding hydrogens is 432 g/mol. The summed E-state index contributed by atoms with van der Waals surface area (Å²) < 4.78 is 38.0. The van der Waals surface area contributed by atoms with Gasteiger partial charge in [0.2, 0.25) is 10.0 Å². The van der Waals surface area contributed by atoms with Gasteiger partial charge in [0, 0.05) is 26.7 Å². The van der Waals surface area contributed by atoms with Gasteiger partial charge in [0.15, 0.2) is 6.10 Å². The molecule has 1 unspecified atom stereocenters. The minimum absolute atomic E-state index is 0.0361. The Kier molecular flexibility index (Phi) is 7.52. The molecule has 9 heteroatoms. The first-order valence-electron chi connectivity index (χ1n) is 10.4. The van der Waals surface area contributed by atoms with Crippen molar-refractivity contribution in [3.05, 3.63) is 59.7 Å². The normalized spacial score (nSPS) is 15.2. The molecule has 32 heavy (non-hydrogen) atoms. The molecule has 3 rings (SSSR count). The molecule has 2 aromatic rings. The predicted molar refractivity (Wildman–Crippen MR) is 119 cm³/mol. The number of ether oxygens (including phenoxy) is 2. The van der Waals surface area contributed by atoms with E-state index in [1.165, 1.54) is 41.4 Å². The molecule has 172 valence electrons. The zero-order chi connectivity index (χ0) is 23.3. The number of likely N-dealkylation sites (N-methyl/N-ethyl adjacent to an activating group) is 1. The molecule has 8 nitrogen and oxygen atoms in total. The smallest absolute Gasteiger partial charge is 0.338 e. The van der Waals surface area contributed by atoms with Crippen molar-refractivity contribution in [1.82, 2.24) is 9.21 Å². The van der Waals surface area contributed by atoms with E-state index >= 15 is 0 Å². The molecule has 0 radical (unpaired) electrons. The lowest BCUT2D eigenvalue weighted by molar-refractivity contribution is -0.139. The van der Waals surface area contributed by atoms with Gasteiger partial charge in [-0.05, 0) is 43.5 Å². The molecule has 1 amide bonds. The van der Waals surface area contributed by atoms with Crippen LogP contribution in [0.1, 0.15) is 35.7 Å². The van der Waals surface area contributed by atoms with Crippen molar-refractivity contribution >= 4 is 21.9 Å². The first-order valence-corrected chi connectivity index (χ1v) is 11.9. The number of amides is 1. The maximum Gasteiger partial charge on any atom is 0.338 e. The highest BCUT2D eigenvalue weighted by Gasteiger charge is 2.31. The highest BCUT2D eigenvalue weighted by atomic mass is 32.2. The van der Waals surface area contributed by atoms with Crippen LogP contribution in [0.5, 0.6) is 5.75 Å². The highest BCUT2D eigenvalue weighted by molar-refractivity contribution is 7.89. The van der Waals surface area contributed by atoms with E-state index in [9.17, 15) is 18.0 Å². The largest absolute Gasteiger partial charge is 0.495 e. The van der Waals surface area contributed by atoms with Crippen molar-refractivity contribution in [2.24, 2.45) is 0 Å². The van der Waals surface area contributed by atoms with Crippen molar-refractivity contribution in [3.8, 4) is 5.75 Å². The maximum absolute atomic E-state index is 13.0. The van der Waals surface area contributed by atoms with Crippen LogP contribution in [0.4, 0.5) is 0 Å². The molecule has 0 N–H and O–H groups in total. The Morgan fingerprint density at radius 2 is 1.75 bits per heavy atom. The molecule has 0 aromatic heterocycles. The van der Waals surface area contributed by atoms with Crippen LogP contribution < -0.4 is 4.74 Å². The van der Waals surface area contributed by atoms with E-state index in [0.29, 0.717) is 19.6 Å². The fraction of sp³-hybridized carbons (Fsp3) is 0.391. The van der Waals surface area contributed by atoms with Crippen LogP contribution in [0.2, 0.25) is 0 Å². The van der Waals surface area contributed by atoms with Crippen LogP contribution >= 0.6 is 0 Å². The Morgan fingerprint density at radius 1 is 1.09 bits per heavy atom. The number of sulfonamides is 1. The van der Waals surface area contributed by atoms with Crippen molar-refractivity contribution in [3.63, 3.8) is 0 Å². The Morgan fingerprint density at radius 3 is 2.38 bits per heavy atom. The van der Waals surface area contributed by atoms with Crippen LogP contribution in [0, 0.1) is 0 Å². The molecule has 1 fully saturated rings. The molecule has 1 atom stereocenters. The topological polar surface area (TPSA) is 93.2 Å². The Bertz CT molecular complexity index is 1070. The molecule has 1 aliphatic heterocycles. The lowest BCUT2D eigenvalue weighted by Gasteiger charge is -2.22. The number of carbonyl (C=O) groups excluding carboxylic acids is 2. The Hall–Kier alpha value is -2.91. The zero-order valence-corrected chi connectivity index (χ0v) is 19.3. The van der Waals surface area contributed by atoms with E-state index in [1.807, 2.05) is 30.3 Å². The summed E-state index contributed by atoms with van der Waals surface area (Å²) in [6.45, 7) is 2.73. The summed E-state index contributed by atoms with van der Waals surface area (Å²) in [5.41, 5.74) is 0.989. The molecule has 0 aliphatic carbocycles. The second-order valence-corrected chi connectivity index (χ2v) is 9.61. The fourth-order valence-electron chi connectivity index (χ4n) is 3.60. The summed E-state index contributed by atoms with van der Waals surface area (Å²) in [5.74, 6) is -0.986. The van der Waals surface area contributed by atoms with Gasteiger partial charge in [-0.3, -0.25) is 4.79 Å². The fourth-order valence-corrected chi connectivity index (χ4v) is 5.30. The van der Waals surface area contributed by atoms with E-state index in [1.54, 1.807) is 7.05 Å². The summed E-state index contributed by atoms with van der Waals surface area (Å²) >= 11 is 0. The average Bonchev–Trinajstić information content (AvgIpc) is 3.34. The molecule has 1 heterocycles. The second kappa shape index (κ2) is 10.1. The van der Waals surface area contributed by atoms with Crippen LogP contribution in [-0.2, 0) is 26.1 Å². The molecule has 1 saturated heterocycles. The van der Waals surface area contributed by atoms with Crippen LogP contribution in [-0.4, -0.2) is 62.9 Å². The van der Waals surface area contributed by atoms with Crippen molar-refractivity contribution in [2.45, 2.75) is 37.3 Å². The van der Waals surface area contributed by atoms with E-state index in [-0.39, 0.29) is 22.1 Å². The SMILES string of the molecule is COc1ccc(C(=O)OC(C)C(=O)N(C)Cc2ccccc2)cc1S(=O)(=O)N1CCCC1. The van der Waals surface area contributed by atoms with Gasteiger partial charge in [-0.1, -0.05) is 30.3 Å². The van der Waals surface area contributed by atoms with Crippen LogP contribution in [0.3, 0.4) is 0 Å². The average molecular weight is 461 g/mol. The maximum atomic E-state index is 13.0. The summed E-state index contributed by atoms with van der Waals surface area (Å²) in [6, 6.07) is 13.6. The Balaban J connectivity index is 1.73. The van der Waals surface area contributed by atoms with Gasteiger partial charge >= 0.3 is 5.97 Å². The summed E-state index contributed by atoms with van der Waals surface area (Å²) in [4.78, 5) is 26.7. The first-order chi connectivity index (χ1) is 15.2. The quantitative estimate of drug-likeness (QED) is 0.563. The number of esters is 1.